The molecule has 1 N–H and O–H groups in total. The van der Waals surface area contributed by atoms with Crippen molar-refractivity contribution < 1.29 is 14.7 Å². The summed E-state index contributed by atoms with van der Waals surface area (Å²) in [6.07, 6.45) is 0.157. The van der Waals surface area contributed by atoms with Crippen LogP contribution in [0.2, 0.25) is 0 Å². The fourth-order valence-electron chi connectivity index (χ4n) is 4.44. The van der Waals surface area contributed by atoms with Crippen LogP contribution >= 0.6 is 24.8 Å². The van der Waals surface area contributed by atoms with Crippen LogP contribution in [0.4, 0.5) is 0 Å². The van der Waals surface area contributed by atoms with E-state index in [1.165, 1.54) is 4.90 Å². The van der Waals surface area contributed by atoms with E-state index in [2.05, 4.69) is 9.80 Å². The topological polar surface area (TPSA) is 64.1 Å². The van der Waals surface area contributed by atoms with E-state index in [9.17, 15) is 9.59 Å². The molecule has 4 rings (SSSR count). The SMILES string of the molecule is Cl.Cl.O=C1CC(c2ccccc2)(c2ccccc2)C(=O)N1CN1CCN(CCO)CC1. The number of likely N-dealkylation sites (tertiary alicyclic amines) is 1. The molecule has 2 aliphatic heterocycles. The van der Waals surface area contributed by atoms with E-state index in [1.54, 1.807) is 0 Å². The maximum atomic E-state index is 13.7. The molecule has 2 heterocycles. The number of aliphatic hydroxyl groups is 1. The lowest BCUT2D eigenvalue weighted by Gasteiger charge is -2.36. The summed E-state index contributed by atoms with van der Waals surface area (Å²) < 4.78 is 0. The summed E-state index contributed by atoms with van der Waals surface area (Å²) in [6, 6.07) is 19.3. The van der Waals surface area contributed by atoms with E-state index in [4.69, 9.17) is 5.11 Å². The van der Waals surface area contributed by atoms with Crippen LogP contribution < -0.4 is 0 Å². The maximum Gasteiger partial charge on any atom is 0.245 e. The zero-order valence-electron chi connectivity index (χ0n) is 17.4. The van der Waals surface area contributed by atoms with Gasteiger partial charge in [-0.25, -0.2) is 0 Å². The van der Waals surface area contributed by atoms with Crippen LogP contribution in [0, 0.1) is 0 Å². The first kappa shape index (κ1) is 25.3. The van der Waals surface area contributed by atoms with E-state index < -0.39 is 5.41 Å². The number of halogens is 2. The number of rotatable bonds is 6. The molecule has 2 saturated heterocycles. The molecular formula is C23H29Cl2N3O3. The van der Waals surface area contributed by atoms with Gasteiger partial charge in [0.25, 0.3) is 0 Å². The smallest absolute Gasteiger partial charge is 0.245 e. The molecule has 0 bridgehead atoms. The average molecular weight is 466 g/mol. The molecule has 168 valence electrons. The highest BCUT2D eigenvalue weighted by Crippen LogP contribution is 2.42. The van der Waals surface area contributed by atoms with Crippen LogP contribution in [0.25, 0.3) is 0 Å². The third-order valence-electron chi connectivity index (χ3n) is 6.08. The van der Waals surface area contributed by atoms with Crippen LogP contribution in [0.1, 0.15) is 17.5 Å². The molecule has 0 unspecified atom stereocenters. The molecule has 6 nitrogen and oxygen atoms in total. The number of carbonyl (C=O) groups excluding carboxylic acids is 2. The number of carbonyl (C=O) groups is 2. The third-order valence-corrected chi connectivity index (χ3v) is 6.08. The minimum Gasteiger partial charge on any atom is -0.395 e. The Balaban J connectivity index is 0.00000171. The molecular weight excluding hydrogens is 437 g/mol. The summed E-state index contributed by atoms with van der Waals surface area (Å²) >= 11 is 0. The largest absolute Gasteiger partial charge is 0.395 e. The molecule has 31 heavy (non-hydrogen) atoms. The summed E-state index contributed by atoms with van der Waals surface area (Å²) in [5.41, 5.74) is 0.762. The van der Waals surface area contributed by atoms with Crippen molar-refractivity contribution in [2.75, 3.05) is 46.0 Å². The number of hydrogen-bond acceptors (Lipinski definition) is 5. The highest BCUT2D eigenvalue weighted by Gasteiger charge is 2.54. The van der Waals surface area contributed by atoms with Crippen LogP contribution in [0.15, 0.2) is 60.7 Å². The number of amides is 2. The van der Waals surface area contributed by atoms with E-state index in [1.807, 2.05) is 60.7 Å². The maximum absolute atomic E-state index is 13.7. The van der Waals surface area contributed by atoms with Gasteiger partial charge >= 0.3 is 0 Å². The summed E-state index contributed by atoms with van der Waals surface area (Å²) in [6.45, 7) is 4.37. The highest BCUT2D eigenvalue weighted by atomic mass is 35.5. The number of β-amino-alcohol motifs (C(OH)–C–C–N with tert-alkyl or cyclic N) is 1. The summed E-state index contributed by atoms with van der Waals surface area (Å²) in [4.78, 5) is 32.5. The van der Waals surface area contributed by atoms with E-state index in [0.717, 1.165) is 37.3 Å². The van der Waals surface area contributed by atoms with Gasteiger partial charge in [0.15, 0.2) is 0 Å². The Bertz CT molecular complexity index is 819. The molecule has 0 aromatic heterocycles. The Morgan fingerprint density at radius 2 is 1.26 bits per heavy atom. The number of piperazine rings is 1. The molecule has 2 aliphatic rings. The van der Waals surface area contributed by atoms with Crippen molar-refractivity contribution >= 4 is 36.6 Å². The van der Waals surface area contributed by atoms with Crippen LogP contribution in [0.3, 0.4) is 0 Å². The standard InChI is InChI=1S/C23H27N3O3.2ClH/c27-16-15-24-11-13-25(14-12-24)18-26-21(28)17-23(22(26)29,19-7-3-1-4-8-19)20-9-5-2-6-10-20;;/h1-10,27H,11-18H2;2*1H. The molecule has 0 aliphatic carbocycles. The lowest BCUT2D eigenvalue weighted by molar-refractivity contribution is -0.142. The van der Waals surface area contributed by atoms with Crippen molar-refractivity contribution in [3.63, 3.8) is 0 Å². The first-order valence-corrected chi connectivity index (χ1v) is 10.2. The Morgan fingerprint density at radius 3 is 1.74 bits per heavy atom. The summed E-state index contributed by atoms with van der Waals surface area (Å²) in [5.74, 6) is -0.266. The van der Waals surface area contributed by atoms with Gasteiger partial charge < -0.3 is 5.11 Å². The van der Waals surface area contributed by atoms with Gasteiger partial charge in [-0.2, -0.15) is 0 Å². The first-order valence-electron chi connectivity index (χ1n) is 10.2. The minimum absolute atomic E-state index is 0. The number of aliphatic hydroxyl groups excluding tert-OH is 1. The molecule has 0 spiro atoms. The summed E-state index contributed by atoms with van der Waals surface area (Å²) in [5, 5.41) is 9.10. The van der Waals surface area contributed by atoms with E-state index >= 15 is 0 Å². The van der Waals surface area contributed by atoms with Gasteiger partial charge in [0.1, 0.15) is 5.41 Å². The lowest BCUT2D eigenvalue weighted by atomic mass is 9.73. The van der Waals surface area contributed by atoms with Crippen molar-refractivity contribution in [1.29, 1.82) is 0 Å². The average Bonchev–Trinajstić information content (AvgIpc) is 3.02. The third kappa shape index (κ3) is 4.94. The van der Waals surface area contributed by atoms with Crippen LogP contribution in [-0.2, 0) is 15.0 Å². The number of hydrogen-bond donors (Lipinski definition) is 1. The van der Waals surface area contributed by atoms with E-state index in [-0.39, 0.29) is 49.7 Å². The molecule has 2 aromatic rings. The normalized spacial score (nSPS) is 19.1. The van der Waals surface area contributed by atoms with Crippen molar-refractivity contribution in [1.82, 2.24) is 14.7 Å². The fourth-order valence-corrected chi connectivity index (χ4v) is 4.44. The Hall–Kier alpha value is -1.96. The van der Waals surface area contributed by atoms with Gasteiger partial charge in [-0.15, -0.1) is 24.8 Å². The number of imide groups is 1. The number of benzene rings is 2. The lowest BCUT2D eigenvalue weighted by Crippen LogP contribution is -2.52. The van der Waals surface area contributed by atoms with Gasteiger partial charge in [-0.1, -0.05) is 60.7 Å². The zero-order valence-corrected chi connectivity index (χ0v) is 19.0. The van der Waals surface area contributed by atoms with Crippen molar-refractivity contribution in [3.05, 3.63) is 71.8 Å². The van der Waals surface area contributed by atoms with Gasteiger partial charge in [0.2, 0.25) is 11.8 Å². The minimum atomic E-state index is -0.960. The second-order valence-corrected chi connectivity index (χ2v) is 7.77. The monoisotopic (exact) mass is 465 g/mol. The van der Waals surface area contributed by atoms with Crippen LogP contribution in [-0.4, -0.2) is 77.6 Å². The second-order valence-electron chi connectivity index (χ2n) is 7.77. The molecule has 8 heteroatoms. The van der Waals surface area contributed by atoms with Gasteiger partial charge in [-0.3, -0.25) is 24.3 Å². The van der Waals surface area contributed by atoms with Crippen LogP contribution in [0.5, 0.6) is 0 Å². The summed E-state index contributed by atoms with van der Waals surface area (Å²) in [7, 11) is 0. The Kier molecular flexibility index (Phi) is 9.03. The van der Waals surface area contributed by atoms with Crippen molar-refractivity contribution in [2.45, 2.75) is 11.8 Å². The predicted molar refractivity (Wildman–Crippen MR) is 125 cm³/mol. The quantitative estimate of drug-likeness (QED) is 0.662. The van der Waals surface area contributed by atoms with Gasteiger partial charge in [-0.05, 0) is 11.1 Å². The number of nitrogens with zero attached hydrogens (tertiary/aromatic N) is 3. The predicted octanol–water partition coefficient (Wildman–Crippen LogP) is 2.14. The fraction of sp³-hybridized carbons (Fsp3) is 0.391. The first-order chi connectivity index (χ1) is 14.1. The molecule has 2 fully saturated rings. The van der Waals surface area contributed by atoms with E-state index in [0.29, 0.717) is 13.2 Å². The zero-order chi connectivity index (χ0) is 20.3. The van der Waals surface area contributed by atoms with Gasteiger partial charge in [0, 0.05) is 39.1 Å². The molecule has 0 atom stereocenters. The highest BCUT2D eigenvalue weighted by molar-refractivity contribution is 6.11. The Labute approximate surface area is 195 Å². The molecule has 2 aromatic carbocycles. The molecule has 0 saturated carbocycles. The van der Waals surface area contributed by atoms with Crippen molar-refractivity contribution in [3.8, 4) is 0 Å². The molecule has 0 radical (unpaired) electrons. The second kappa shape index (κ2) is 11.1. The molecule has 2 amide bonds. The van der Waals surface area contributed by atoms with Gasteiger partial charge in [0.05, 0.1) is 13.3 Å². The Morgan fingerprint density at radius 1 is 0.774 bits per heavy atom. The van der Waals surface area contributed by atoms with Crippen molar-refractivity contribution in [2.24, 2.45) is 0 Å².